The third-order valence-electron chi connectivity index (χ3n) is 8.07. The predicted octanol–water partition coefficient (Wildman–Crippen LogP) is 4.78. The molecule has 1 aliphatic carbocycles. The van der Waals surface area contributed by atoms with Gasteiger partial charge in [-0.2, -0.15) is 9.61 Å². The maximum atomic E-state index is 13.9. The summed E-state index contributed by atoms with van der Waals surface area (Å²) in [7, 11) is 2.11. The highest BCUT2D eigenvalue weighted by Gasteiger charge is 2.37. The number of ether oxygens (including phenoxy) is 1. The number of nitrogens with zero attached hydrogens (tertiary/aromatic N) is 5. The largest absolute Gasteiger partial charge is 0.493 e. The van der Waals surface area contributed by atoms with Crippen LogP contribution in [0.25, 0.3) is 5.65 Å². The topological polar surface area (TPSA) is 89.0 Å². The van der Waals surface area contributed by atoms with Crippen LogP contribution in [-0.4, -0.2) is 57.7 Å². The zero-order chi connectivity index (χ0) is 25.6. The van der Waals surface area contributed by atoms with Crippen molar-refractivity contribution < 1.29 is 9.53 Å². The number of piperidine rings is 1. The summed E-state index contributed by atoms with van der Waals surface area (Å²) in [6, 6.07) is 9.43. The molecule has 2 bridgehead atoms. The maximum absolute atomic E-state index is 13.9. The monoisotopic (exact) mass is 522 g/mol. The summed E-state index contributed by atoms with van der Waals surface area (Å²) in [5.41, 5.74) is 9.64. The lowest BCUT2D eigenvalue weighted by Gasteiger charge is -2.35. The van der Waals surface area contributed by atoms with Crippen LogP contribution < -0.4 is 15.4 Å². The van der Waals surface area contributed by atoms with Crippen LogP contribution in [0.4, 0.5) is 5.82 Å². The summed E-state index contributed by atoms with van der Waals surface area (Å²) in [5.74, 6) is 1.56. The smallest absolute Gasteiger partial charge is 0.258 e. The zero-order valence-electron chi connectivity index (χ0n) is 21.5. The molecule has 37 heavy (non-hydrogen) atoms. The van der Waals surface area contributed by atoms with E-state index in [-0.39, 0.29) is 17.5 Å². The summed E-state index contributed by atoms with van der Waals surface area (Å²) < 4.78 is 8.06. The first-order valence-electron chi connectivity index (χ1n) is 13.5. The molecule has 6 rings (SSSR count). The Morgan fingerprint density at radius 2 is 1.97 bits per heavy atom. The first-order chi connectivity index (χ1) is 17.9. The lowest BCUT2D eigenvalue weighted by atomic mass is 9.98. The molecule has 2 N–H and O–H groups in total. The van der Waals surface area contributed by atoms with Crippen LogP contribution in [0, 0.1) is 0 Å². The second-order valence-corrected chi connectivity index (χ2v) is 11.4. The molecule has 1 saturated carbocycles. The van der Waals surface area contributed by atoms with E-state index in [4.69, 9.17) is 32.2 Å². The second-order valence-electron chi connectivity index (χ2n) is 10.9. The fourth-order valence-electron chi connectivity index (χ4n) is 5.56. The Morgan fingerprint density at radius 1 is 1.14 bits per heavy atom. The molecule has 0 spiro atoms. The quantitative estimate of drug-likeness (QED) is 0.532. The van der Waals surface area contributed by atoms with Crippen molar-refractivity contribution in [2.45, 2.75) is 69.4 Å². The second kappa shape index (κ2) is 9.80. The molecule has 1 aromatic carbocycles. The number of nitrogens with two attached hydrogens (primary N) is 1. The minimum Gasteiger partial charge on any atom is -0.493 e. The molecule has 3 aromatic rings. The summed E-state index contributed by atoms with van der Waals surface area (Å²) in [6.07, 6.45) is 8.68. The highest BCUT2D eigenvalue weighted by molar-refractivity contribution is 6.31. The molecule has 3 aliphatic rings. The Kier molecular flexibility index (Phi) is 6.49. The molecule has 1 atom stereocenters. The summed E-state index contributed by atoms with van der Waals surface area (Å²) >= 11 is 6.32. The number of hydrogen-bond acceptors (Lipinski definition) is 6. The molecule has 9 heteroatoms. The Bertz CT molecular complexity index is 1320. The van der Waals surface area contributed by atoms with Crippen molar-refractivity contribution >= 4 is 29.0 Å². The van der Waals surface area contributed by atoms with E-state index in [1.165, 1.54) is 0 Å². The standard InChI is InChI=1S/C28H35ClN6O2/c1-33-13-4-5-15-37-24-8-7-19(29)16-21(24)27(36)34-14-3-2-6-23(34)22-18-25-31-20(9-10-28(30)11-12-28)17-26(33)35(25)32-22/h7-8,16-18,23H,2-6,9-15,30H2,1H3. The number of aryl methyl sites for hydroxylation is 1. The Balaban J connectivity index is 1.42. The molecule has 1 saturated heterocycles. The number of carbonyl (C=O) groups is 1. The average Bonchev–Trinajstić information content (AvgIpc) is 3.48. The van der Waals surface area contributed by atoms with Crippen LogP contribution in [0.1, 0.15) is 79.2 Å². The summed E-state index contributed by atoms with van der Waals surface area (Å²) in [5, 5.41) is 5.58. The van der Waals surface area contributed by atoms with Gasteiger partial charge in [-0.15, -0.1) is 0 Å². The van der Waals surface area contributed by atoms with Crippen molar-refractivity contribution in [1.29, 1.82) is 0 Å². The normalized spacial score (nSPS) is 21.7. The van der Waals surface area contributed by atoms with Crippen LogP contribution in [0.15, 0.2) is 30.3 Å². The molecule has 8 nitrogen and oxygen atoms in total. The molecular formula is C28H35ClN6O2. The minimum absolute atomic E-state index is 0.0127. The summed E-state index contributed by atoms with van der Waals surface area (Å²) in [4.78, 5) is 23.1. The Hall–Kier alpha value is -2.84. The number of benzene rings is 1. The van der Waals surface area contributed by atoms with E-state index in [9.17, 15) is 4.79 Å². The van der Waals surface area contributed by atoms with Crippen molar-refractivity contribution in [3.63, 3.8) is 0 Å². The number of hydrogen-bond donors (Lipinski definition) is 1. The van der Waals surface area contributed by atoms with Gasteiger partial charge in [-0.3, -0.25) is 4.79 Å². The lowest BCUT2D eigenvalue weighted by Crippen LogP contribution is -2.39. The fourth-order valence-corrected chi connectivity index (χ4v) is 5.73. The molecule has 2 aliphatic heterocycles. The maximum Gasteiger partial charge on any atom is 0.258 e. The molecule has 1 amide bonds. The van der Waals surface area contributed by atoms with E-state index in [1.54, 1.807) is 12.1 Å². The van der Waals surface area contributed by atoms with Crippen molar-refractivity contribution in [2.75, 3.05) is 31.6 Å². The van der Waals surface area contributed by atoms with Gasteiger partial charge in [0.05, 0.1) is 23.9 Å². The molecule has 196 valence electrons. The number of aromatic nitrogens is 3. The van der Waals surface area contributed by atoms with Gasteiger partial charge in [0.25, 0.3) is 5.91 Å². The van der Waals surface area contributed by atoms with Crippen LogP contribution in [0.2, 0.25) is 5.02 Å². The van der Waals surface area contributed by atoms with E-state index in [2.05, 4.69) is 24.1 Å². The Morgan fingerprint density at radius 3 is 2.81 bits per heavy atom. The number of amides is 1. The zero-order valence-corrected chi connectivity index (χ0v) is 22.2. The summed E-state index contributed by atoms with van der Waals surface area (Å²) in [6.45, 7) is 2.08. The van der Waals surface area contributed by atoms with Gasteiger partial charge in [0.15, 0.2) is 5.65 Å². The van der Waals surface area contributed by atoms with Crippen LogP contribution in [0.5, 0.6) is 5.75 Å². The van der Waals surface area contributed by atoms with Crippen molar-refractivity contribution in [3.8, 4) is 5.75 Å². The fraction of sp³-hybridized carbons (Fsp3) is 0.536. The molecule has 4 heterocycles. The highest BCUT2D eigenvalue weighted by atomic mass is 35.5. The van der Waals surface area contributed by atoms with Gasteiger partial charge in [-0.1, -0.05) is 11.6 Å². The van der Waals surface area contributed by atoms with Gasteiger partial charge >= 0.3 is 0 Å². The van der Waals surface area contributed by atoms with E-state index < -0.39 is 0 Å². The van der Waals surface area contributed by atoms with Gasteiger partial charge in [-0.05, 0) is 76.0 Å². The van der Waals surface area contributed by atoms with Crippen LogP contribution >= 0.6 is 11.6 Å². The van der Waals surface area contributed by atoms with Gasteiger partial charge < -0.3 is 20.3 Å². The average molecular weight is 523 g/mol. The minimum atomic E-state index is -0.125. The first kappa shape index (κ1) is 24.5. The van der Waals surface area contributed by atoms with Crippen molar-refractivity contribution in [1.82, 2.24) is 19.5 Å². The van der Waals surface area contributed by atoms with E-state index in [0.717, 1.165) is 87.2 Å². The number of rotatable bonds is 3. The van der Waals surface area contributed by atoms with Gasteiger partial charge in [-0.25, -0.2) is 4.98 Å². The number of anilines is 1. The third-order valence-corrected chi connectivity index (χ3v) is 8.30. The van der Waals surface area contributed by atoms with E-state index in [0.29, 0.717) is 29.5 Å². The number of carbonyl (C=O) groups excluding carboxylic acids is 1. The molecule has 1 unspecified atom stereocenters. The highest BCUT2D eigenvalue weighted by Crippen LogP contribution is 2.37. The molecule has 2 fully saturated rings. The van der Waals surface area contributed by atoms with E-state index in [1.807, 2.05) is 15.5 Å². The van der Waals surface area contributed by atoms with Crippen molar-refractivity contribution in [2.24, 2.45) is 5.73 Å². The number of halogens is 1. The van der Waals surface area contributed by atoms with Gasteiger partial charge in [0.1, 0.15) is 11.6 Å². The van der Waals surface area contributed by atoms with Gasteiger partial charge in [0.2, 0.25) is 0 Å². The third kappa shape index (κ3) is 5.01. The predicted molar refractivity (Wildman–Crippen MR) is 145 cm³/mol. The molecular weight excluding hydrogens is 488 g/mol. The van der Waals surface area contributed by atoms with Crippen LogP contribution in [0.3, 0.4) is 0 Å². The van der Waals surface area contributed by atoms with Crippen molar-refractivity contribution in [3.05, 3.63) is 52.3 Å². The molecule has 2 aromatic heterocycles. The lowest BCUT2D eigenvalue weighted by molar-refractivity contribution is 0.0601. The molecule has 0 radical (unpaired) electrons. The van der Waals surface area contributed by atoms with Gasteiger partial charge in [0, 0.05) is 48.5 Å². The Labute approximate surface area is 222 Å². The van der Waals surface area contributed by atoms with Crippen LogP contribution in [-0.2, 0) is 6.42 Å². The van der Waals surface area contributed by atoms with E-state index >= 15 is 0 Å². The first-order valence-corrected chi connectivity index (χ1v) is 13.9. The SMILES string of the molecule is CN1CCCCOc2ccc(Cl)cc2C(=O)N2CCCCC2c2cc3nc(CCC4(N)CC4)cc1n3n2. The number of fused-ring (bicyclic) bond motifs is 4.